The predicted molar refractivity (Wildman–Crippen MR) is 84.1 cm³/mol. The van der Waals surface area contributed by atoms with Gasteiger partial charge in [0.05, 0.1) is 7.11 Å². The Kier molecular flexibility index (Phi) is 3.17. The van der Waals surface area contributed by atoms with Gasteiger partial charge < -0.3 is 10.1 Å². The molecule has 0 aliphatic carbocycles. The van der Waals surface area contributed by atoms with Crippen LogP contribution in [0.3, 0.4) is 0 Å². The molecule has 1 aliphatic heterocycles. The smallest absolute Gasteiger partial charge is 0.120 e. The molecule has 1 aliphatic rings. The molecular weight excluding hydrogens is 246 g/mol. The molecule has 0 spiro atoms. The molecule has 2 aromatic carbocycles. The lowest BCUT2D eigenvalue weighted by Gasteiger charge is -2.40. The van der Waals surface area contributed by atoms with Crippen molar-refractivity contribution in [3.8, 4) is 5.75 Å². The molecule has 20 heavy (non-hydrogen) atoms. The molecule has 0 atom stereocenters. The van der Waals surface area contributed by atoms with E-state index >= 15 is 0 Å². The Hall–Kier alpha value is -1.96. The first-order valence-corrected chi connectivity index (χ1v) is 7.30. The Morgan fingerprint density at radius 1 is 0.950 bits per heavy atom. The molecule has 0 saturated heterocycles. The van der Waals surface area contributed by atoms with Crippen molar-refractivity contribution in [3.63, 3.8) is 0 Å². The van der Waals surface area contributed by atoms with E-state index in [2.05, 4.69) is 61.6 Å². The summed E-state index contributed by atoms with van der Waals surface area (Å²) >= 11 is 0. The maximum absolute atomic E-state index is 5.36. The fourth-order valence-corrected chi connectivity index (χ4v) is 3.48. The largest absolute Gasteiger partial charge is 0.497 e. The van der Waals surface area contributed by atoms with Crippen molar-refractivity contribution < 1.29 is 4.74 Å². The van der Waals surface area contributed by atoms with Crippen LogP contribution in [0.5, 0.6) is 5.75 Å². The van der Waals surface area contributed by atoms with Gasteiger partial charge in [0, 0.05) is 22.9 Å². The van der Waals surface area contributed by atoms with Crippen molar-refractivity contribution in [2.45, 2.75) is 32.1 Å². The molecule has 0 bridgehead atoms. The van der Waals surface area contributed by atoms with Crippen LogP contribution in [0, 0.1) is 0 Å². The Labute approximate surface area is 120 Å². The van der Waals surface area contributed by atoms with Crippen molar-refractivity contribution in [2.75, 3.05) is 12.4 Å². The highest BCUT2D eigenvalue weighted by Gasteiger charge is 2.37. The molecule has 2 heteroatoms. The minimum Gasteiger partial charge on any atom is -0.497 e. The number of hydrogen-bond acceptors (Lipinski definition) is 2. The van der Waals surface area contributed by atoms with Crippen LogP contribution in [0.1, 0.15) is 37.8 Å². The molecule has 1 heterocycles. The van der Waals surface area contributed by atoms with E-state index in [1.165, 1.54) is 22.5 Å². The number of rotatable bonds is 3. The number of methoxy groups -OCH3 is 1. The summed E-state index contributed by atoms with van der Waals surface area (Å²) in [7, 11) is 1.71. The number of fused-ring (bicyclic) bond motifs is 2. The van der Waals surface area contributed by atoms with Crippen LogP contribution in [0.4, 0.5) is 11.4 Å². The number of hydrogen-bond donors (Lipinski definition) is 1. The van der Waals surface area contributed by atoms with E-state index in [4.69, 9.17) is 4.74 Å². The van der Waals surface area contributed by atoms with Gasteiger partial charge in [-0.2, -0.15) is 0 Å². The number of ether oxygens (including phenoxy) is 1. The number of para-hydroxylation sites is 1. The van der Waals surface area contributed by atoms with Crippen LogP contribution in [-0.2, 0) is 5.41 Å². The fourth-order valence-electron chi connectivity index (χ4n) is 3.48. The van der Waals surface area contributed by atoms with E-state index in [1.807, 2.05) is 0 Å². The van der Waals surface area contributed by atoms with Crippen molar-refractivity contribution in [1.82, 2.24) is 0 Å². The summed E-state index contributed by atoms with van der Waals surface area (Å²) in [6.07, 6.45) is 2.20. The van der Waals surface area contributed by atoms with Crippen LogP contribution in [0.15, 0.2) is 42.5 Å². The minimum atomic E-state index is 0.101. The molecule has 3 rings (SSSR count). The summed E-state index contributed by atoms with van der Waals surface area (Å²) in [6, 6.07) is 15.0. The van der Waals surface area contributed by atoms with Crippen molar-refractivity contribution in [2.24, 2.45) is 0 Å². The summed E-state index contributed by atoms with van der Waals surface area (Å²) in [5, 5.41) is 3.56. The van der Waals surface area contributed by atoms with Crippen molar-refractivity contribution in [3.05, 3.63) is 53.6 Å². The quantitative estimate of drug-likeness (QED) is 0.857. The fraction of sp³-hybridized carbons (Fsp3) is 0.333. The summed E-state index contributed by atoms with van der Waals surface area (Å²) in [6.45, 7) is 4.55. The second-order valence-electron chi connectivity index (χ2n) is 5.37. The van der Waals surface area contributed by atoms with Gasteiger partial charge in [0.2, 0.25) is 0 Å². The second kappa shape index (κ2) is 4.86. The molecule has 2 nitrogen and oxygen atoms in total. The highest BCUT2D eigenvalue weighted by Crippen LogP contribution is 2.50. The lowest BCUT2D eigenvalue weighted by molar-refractivity contribution is 0.413. The Balaban J connectivity index is 2.25. The Morgan fingerprint density at radius 3 is 2.35 bits per heavy atom. The van der Waals surface area contributed by atoms with E-state index in [0.717, 1.165) is 18.6 Å². The van der Waals surface area contributed by atoms with Crippen LogP contribution in [0.25, 0.3) is 0 Å². The van der Waals surface area contributed by atoms with Gasteiger partial charge in [-0.25, -0.2) is 0 Å². The SMILES string of the molecule is CCC1(CC)c2ccccc2Nc2cc(OC)ccc21. The lowest BCUT2D eigenvalue weighted by Crippen LogP contribution is -2.31. The second-order valence-corrected chi connectivity index (χ2v) is 5.37. The summed E-state index contributed by atoms with van der Waals surface area (Å²) in [4.78, 5) is 0. The maximum Gasteiger partial charge on any atom is 0.120 e. The first-order valence-electron chi connectivity index (χ1n) is 7.30. The Morgan fingerprint density at radius 2 is 1.65 bits per heavy atom. The van der Waals surface area contributed by atoms with E-state index in [-0.39, 0.29) is 5.41 Å². The van der Waals surface area contributed by atoms with E-state index in [1.54, 1.807) is 7.11 Å². The molecule has 0 amide bonds. The third-order valence-corrected chi connectivity index (χ3v) is 4.66. The molecule has 104 valence electrons. The van der Waals surface area contributed by atoms with Gasteiger partial charge in [-0.3, -0.25) is 0 Å². The molecular formula is C18H21NO. The summed E-state index contributed by atoms with van der Waals surface area (Å²) < 4.78 is 5.36. The lowest BCUT2D eigenvalue weighted by atomic mass is 9.68. The van der Waals surface area contributed by atoms with Gasteiger partial charge in [-0.05, 0) is 36.1 Å². The molecule has 1 N–H and O–H groups in total. The molecule has 0 saturated carbocycles. The summed E-state index contributed by atoms with van der Waals surface area (Å²) in [5.41, 5.74) is 5.28. The standard InChI is InChI=1S/C18H21NO/c1-4-18(5-2)14-8-6-7-9-16(14)19-17-12-13(20-3)10-11-15(17)18/h6-12,19H,4-5H2,1-3H3. The first-order chi connectivity index (χ1) is 9.75. The van der Waals surface area contributed by atoms with Gasteiger partial charge >= 0.3 is 0 Å². The Bertz CT molecular complexity index is 629. The maximum atomic E-state index is 5.36. The topological polar surface area (TPSA) is 21.3 Å². The van der Waals surface area contributed by atoms with Crippen molar-refractivity contribution >= 4 is 11.4 Å². The molecule has 0 unspecified atom stereocenters. The molecule has 0 radical (unpaired) electrons. The highest BCUT2D eigenvalue weighted by molar-refractivity contribution is 5.76. The normalized spacial score (nSPS) is 14.9. The number of anilines is 2. The molecule has 0 fully saturated rings. The van der Waals surface area contributed by atoms with Gasteiger partial charge in [0.1, 0.15) is 5.75 Å². The zero-order valence-electron chi connectivity index (χ0n) is 12.4. The number of benzene rings is 2. The average Bonchev–Trinajstić information content (AvgIpc) is 2.52. The minimum absolute atomic E-state index is 0.101. The zero-order chi connectivity index (χ0) is 14.2. The van der Waals surface area contributed by atoms with E-state index in [9.17, 15) is 0 Å². The third kappa shape index (κ3) is 1.71. The van der Waals surface area contributed by atoms with Crippen LogP contribution in [0.2, 0.25) is 0 Å². The van der Waals surface area contributed by atoms with Gasteiger partial charge in [0.15, 0.2) is 0 Å². The van der Waals surface area contributed by atoms with Crippen LogP contribution >= 0.6 is 0 Å². The monoisotopic (exact) mass is 267 g/mol. The highest BCUT2D eigenvalue weighted by atomic mass is 16.5. The van der Waals surface area contributed by atoms with E-state index < -0.39 is 0 Å². The summed E-state index contributed by atoms with van der Waals surface area (Å²) in [5.74, 6) is 0.900. The van der Waals surface area contributed by atoms with Gasteiger partial charge in [-0.15, -0.1) is 0 Å². The zero-order valence-corrected chi connectivity index (χ0v) is 12.4. The van der Waals surface area contributed by atoms with Gasteiger partial charge in [0.25, 0.3) is 0 Å². The van der Waals surface area contributed by atoms with E-state index in [0.29, 0.717) is 0 Å². The van der Waals surface area contributed by atoms with Crippen molar-refractivity contribution in [1.29, 1.82) is 0 Å². The predicted octanol–water partition coefficient (Wildman–Crippen LogP) is 4.86. The average molecular weight is 267 g/mol. The van der Waals surface area contributed by atoms with Gasteiger partial charge in [-0.1, -0.05) is 38.1 Å². The first kappa shape index (κ1) is 13.0. The molecule has 2 aromatic rings. The van der Waals surface area contributed by atoms with Crippen LogP contribution in [-0.4, -0.2) is 7.11 Å². The molecule has 0 aromatic heterocycles. The third-order valence-electron chi connectivity index (χ3n) is 4.66. The number of nitrogens with one attached hydrogen (secondary N) is 1. The van der Waals surface area contributed by atoms with Crippen LogP contribution < -0.4 is 10.1 Å².